The van der Waals surface area contributed by atoms with Crippen LogP contribution in [0.3, 0.4) is 0 Å². The quantitative estimate of drug-likeness (QED) is 0.585. The van der Waals surface area contributed by atoms with Crippen LogP contribution in [0.4, 0.5) is 4.79 Å². The van der Waals surface area contributed by atoms with Gasteiger partial charge in [-0.05, 0) is 36.5 Å². The van der Waals surface area contributed by atoms with Crippen molar-refractivity contribution in [2.75, 3.05) is 19.6 Å². The van der Waals surface area contributed by atoms with Crippen LogP contribution < -0.4 is 5.73 Å². The fourth-order valence-corrected chi connectivity index (χ4v) is 2.23. The number of nitrogens with two attached hydrogens (primary N) is 1. The lowest BCUT2D eigenvalue weighted by atomic mass is 10.0. The second-order valence-corrected chi connectivity index (χ2v) is 3.86. The minimum atomic E-state index is -0.807. The van der Waals surface area contributed by atoms with E-state index in [1.165, 1.54) is 16.0 Å². The average Bonchev–Trinajstić information content (AvgIpc) is 2.58. The SMILES string of the molecule is NCC1CC2=C(C1)CN(C(=O)O)C2. The fraction of sp³-hybridized carbons (Fsp3) is 0.667. The molecule has 1 amide bonds. The van der Waals surface area contributed by atoms with Crippen molar-refractivity contribution >= 4 is 6.09 Å². The van der Waals surface area contributed by atoms with Crippen LogP contribution >= 0.6 is 0 Å². The Morgan fingerprint density at radius 2 is 2.00 bits per heavy atom. The van der Waals surface area contributed by atoms with Gasteiger partial charge in [-0.25, -0.2) is 4.79 Å². The van der Waals surface area contributed by atoms with Gasteiger partial charge in [-0.15, -0.1) is 0 Å². The Kier molecular flexibility index (Phi) is 2.00. The molecular weight excluding hydrogens is 168 g/mol. The molecule has 0 unspecified atom stereocenters. The second kappa shape index (κ2) is 3.03. The molecule has 0 aromatic heterocycles. The van der Waals surface area contributed by atoms with Crippen LogP contribution in [0, 0.1) is 5.92 Å². The molecule has 0 aromatic carbocycles. The zero-order valence-corrected chi connectivity index (χ0v) is 7.49. The molecular formula is C9H14N2O2. The lowest BCUT2D eigenvalue weighted by Crippen LogP contribution is -2.29. The highest BCUT2D eigenvalue weighted by atomic mass is 16.4. The van der Waals surface area contributed by atoms with Crippen molar-refractivity contribution in [1.82, 2.24) is 4.90 Å². The molecule has 0 spiro atoms. The van der Waals surface area contributed by atoms with Crippen molar-refractivity contribution in [3.8, 4) is 0 Å². The average molecular weight is 182 g/mol. The maximum Gasteiger partial charge on any atom is 0.407 e. The molecule has 1 aliphatic heterocycles. The molecule has 3 N–H and O–H groups in total. The third-order valence-electron chi connectivity index (χ3n) is 2.94. The van der Waals surface area contributed by atoms with E-state index in [9.17, 15) is 4.79 Å². The molecule has 0 fully saturated rings. The highest BCUT2D eigenvalue weighted by Gasteiger charge is 2.32. The Hall–Kier alpha value is -1.03. The molecule has 0 bridgehead atoms. The number of hydrogen-bond donors (Lipinski definition) is 2. The van der Waals surface area contributed by atoms with Crippen molar-refractivity contribution in [3.63, 3.8) is 0 Å². The molecule has 2 aliphatic rings. The van der Waals surface area contributed by atoms with Crippen LogP contribution in [0.2, 0.25) is 0 Å². The summed E-state index contributed by atoms with van der Waals surface area (Å²) in [6, 6.07) is 0. The molecule has 4 nitrogen and oxygen atoms in total. The van der Waals surface area contributed by atoms with Gasteiger partial charge in [-0.1, -0.05) is 0 Å². The molecule has 0 atom stereocenters. The van der Waals surface area contributed by atoms with Crippen molar-refractivity contribution in [2.45, 2.75) is 12.8 Å². The molecule has 0 aromatic rings. The summed E-state index contributed by atoms with van der Waals surface area (Å²) in [7, 11) is 0. The first kappa shape index (κ1) is 8.56. The highest BCUT2D eigenvalue weighted by molar-refractivity contribution is 5.67. The van der Waals surface area contributed by atoms with Gasteiger partial charge in [-0.3, -0.25) is 0 Å². The summed E-state index contributed by atoms with van der Waals surface area (Å²) in [6.45, 7) is 1.95. The van der Waals surface area contributed by atoms with Crippen LogP contribution in [0.25, 0.3) is 0 Å². The number of likely N-dealkylation sites (tertiary alicyclic amines) is 1. The predicted octanol–water partition coefficient (Wildman–Crippen LogP) is 0.645. The largest absolute Gasteiger partial charge is 0.465 e. The molecule has 0 saturated carbocycles. The van der Waals surface area contributed by atoms with Gasteiger partial charge in [0, 0.05) is 13.1 Å². The molecule has 0 saturated heterocycles. The number of amides is 1. The van der Waals surface area contributed by atoms with E-state index >= 15 is 0 Å². The third-order valence-corrected chi connectivity index (χ3v) is 2.94. The summed E-state index contributed by atoms with van der Waals surface area (Å²) >= 11 is 0. The summed E-state index contributed by atoms with van der Waals surface area (Å²) in [4.78, 5) is 12.1. The maximum atomic E-state index is 10.7. The van der Waals surface area contributed by atoms with E-state index in [1.807, 2.05) is 0 Å². The number of carboxylic acid groups (broad SMARTS) is 1. The van der Waals surface area contributed by atoms with E-state index in [4.69, 9.17) is 10.8 Å². The van der Waals surface area contributed by atoms with Gasteiger partial charge in [0.25, 0.3) is 0 Å². The fourth-order valence-electron chi connectivity index (χ4n) is 2.23. The van der Waals surface area contributed by atoms with Gasteiger partial charge >= 0.3 is 6.09 Å². The Bertz CT molecular complexity index is 255. The van der Waals surface area contributed by atoms with Crippen molar-refractivity contribution in [2.24, 2.45) is 11.7 Å². The summed E-state index contributed by atoms with van der Waals surface area (Å²) in [6.07, 6.45) is 1.21. The number of hydrogen-bond acceptors (Lipinski definition) is 2. The first-order valence-electron chi connectivity index (χ1n) is 4.58. The number of rotatable bonds is 1. The smallest absolute Gasteiger partial charge is 0.407 e. The van der Waals surface area contributed by atoms with Crippen molar-refractivity contribution in [3.05, 3.63) is 11.1 Å². The van der Waals surface area contributed by atoms with Crippen molar-refractivity contribution in [1.29, 1.82) is 0 Å². The monoisotopic (exact) mass is 182 g/mol. The normalized spacial score (nSPS) is 22.7. The summed E-state index contributed by atoms with van der Waals surface area (Å²) in [5.74, 6) is 0.570. The Morgan fingerprint density at radius 3 is 2.38 bits per heavy atom. The zero-order chi connectivity index (χ0) is 9.42. The number of nitrogens with zero attached hydrogens (tertiary/aromatic N) is 1. The van der Waals surface area contributed by atoms with Gasteiger partial charge in [0.05, 0.1) is 0 Å². The molecule has 0 radical (unpaired) electrons. The second-order valence-electron chi connectivity index (χ2n) is 3.86. The summed E-state index contributed by atoms with van der Waals surface area (Å²) in [5, 5.41) is 8.77. The summed E-state index contributed by atoms with van der Waals surface area (Å²) in [5.41, 5.74) is 8.21. The van der Waals surface area contributed by atoms with E-state index in [2.05, 4.69) is 0 Å². The Balaban J connectivity index is 1.97. The van der Waals surface area contributed by atoms with Gasteiger partial charge in [-0.2, -0.15) is 0 Å². The van der Waals surface area contributed by atoms with Crippen LogP contribution in [0.1, 0.15) is 12.8 Å². The van der Waals surface area contributed by atoms with Gasteiger partial charge < -0.3 is 15.7 Å². The molecule has 1 aliphatic carbocycles. The van der Waals surface area contributed by atoms with Crippen LogP contribution in [0.15, 0.2) is 11.1 Å². The lowest BCUT2D eigenvalue weighted by molar-refractivity contribution is 0.155. The first-order valence-corrected chi connectivity index (χ1v) is 4.58. The Labute approximate surface area is 77.0 Å². The van der Waals surface area contributed by atoms with E-state index in [1.54, 1.807) is 0 Å². The Morgan fingerprint density at radius 1 is 1.46 bits per heavy atom. The third kappa shape index (κ3) is 1.42. The van der Waals surface area contributed by atoms with E-state index in [0.717, 1.165) is 19.4 Å². The van der Waals surface area contributed by atoms with E-state index in [-0.39, 0.29) is 0 Å². The topological polar surface area (TPSA) is 66.6 Å². The standard InChI is InChI=1S/C9H14N2O2/c10-3-6-1-7-4-11(9(12)13)5-8(7)2-6/h6H,1-5,10H2,(H,12,13). The van der Waals surface area contributed by atoms with Crippen LogP contribution in [-0.2, 0) is 0 Å². The maximum absolute atomic E-state index is 10.7. The minimum Gasteiger partial charge on any atom is -0.465 e. The van der Waals surface area contributed by atoms with Crippen LogP contribution in [0.5, 0.6) is 0 Å². The molecule has 4 heteroatoms. The van der Waals surface area contributed by atoms with Gasteiger partial charge in [0.1, 0.15) is 0 Å². The summed E-state index contributed by atoms with van der Waals surface area (Å²) < 4.78 is 0. The first-order chi connectivity index (χ1) is 6.20. The van der Waals surface area contributed by atoms with E-state index < -0.39 is 6.09 Å². The number of carbonyl (C=O) groups is 1. The van der Waals surface area contributed by atoms with Crippen molar-refractivity contribution < 1.29 is 9.90 Å². The molecule has 13 heavy (non-hydrogen) atoms. The highest BCUT2D eigenvalue weighted by Crippen LogP contribution is 2.35. The zero-order valence-electron chi connectivity index (χ0n) is 7.49. The molecule has 1 heterocycles. The molecule has 2 rings (SSSR count). The van der Waals surface area contributed by atoms with E-state index in [0.29, 0.717) is 19.0 Å². The minimum absolute atomic E-state index is 0.570. The van der Waals surface area contributed by atoms with Crippen LogP contribution in [-0.4, -0.2) is 35.7 Å². The predicted molar refractivity (Wildman–Crippen MR) is 48.4 cm³/mol. The van der Waals surface area contributed by atoms with Gasteiger partial charge in [0.2, 0.25) is 0 Å². The lowest BCUT2D eigenvalue weighted by Gasteiger charge is -2.16. The van der Waals surface area contributed by atoms with Gasteiger partial charge in [0.15, 0.2) is 0 Å². The molecule has 72 valence electrons.